The molecule has 0 radical (unpaired) electrons. The molecule has 8 nitrogen and oxygen atoms in total. The van der Waals surface area contributed by atoms with E-state index in [2.05, 4.69) is 20.7 Å². The minimum atomic E-state index is -0.533. The molecule has 0 aromatic heterocycles. The van der Waals surface area contributed by atoms with Gasteiger partial charge in [-0.3, -0.25) is 9.59 Å². The van der Waals surface area contributed by atoms with Crippen LogP contribution in [0.1, 0.15) is 29.8 Å². The van der Waals surface area contributed by atoms with Gasteiger partial charge in [0.25, 0.3) is 5.91 Å². The molecule has 3 amide bonds. The van der Waals surface area contributed by atoms with Crippen LogP contribution < -0.4 is 20.7 Å². The highest BCUT2D eigenvalue weighted by Gasteiger charge is 2.09. The van der Waals surface area contributed by atoms with Crippen molar-refractivity contribution < 1.29 is 23.9 Å². The van der Waals surface area contributed by atoms with Crippen molar-refractivity contribution in [3.63, 3.8) is 0 Å². The summed E-state index contributed by atoms with van der Waals surface area (Å²) < 4.78 is 10.1. The summed E-state index contributed by atoms with van der Waals surface area (Å²) in [5, 5.41) is 7.91. The number of nitrogens with one attached hydrogen (secondary N) is 3. The molecule has 0 aliphatic heterocycles. The highest BCUT2D eigenvalue weighted by atomic mass is 16.5. The van der Waals surface area contributed by atoms with Gasteiger partial charge in [0.1, 0.15) is 12.3 Å². The first-order valence-corrected chi connectivity index (χ1v) is 9.13. The quantitative estimate of drug-likeness (QED) is 0.592. The van der Waals surface area contributed by atoms with E-state index in [9.17, 15) is 14.4 Å². The highest BCUT2D eigenvalue weighted by molar-refractivity contribution is 5.96. The van der Waals surface area contributed by atoms with E-state index in [1.807, 2.05) is 38.1 Å². The number of carbonyl (C=O) groups excluding carboxylic acids is 3. The maximum Gasteiger partial charge on any atom is 0.325 e. The van der Waals surface area contributed by atoms with Crippen molar-refractivity contribution in [1.29, 1.82) is 0 Å². The van der Waals surface area contributed by atoms with E-state index in [1.165, 1.54) is 7.11 Å². The van der Waals surface area contributed by atoms with E-state index in [-0.39, 0.29) is 18.7 Å². The normalized spacial score (nSPS) is 10.2. The summed E-state index contributed by atoms with van der Waals surface area (Å²) in [6, 6.07) is 13.4. The van der Waals surface area contributed by atoms with E-state index in [0.717, 1.165) is 11.3 Å². The van der Waals surface area contributed by atoms with E-state index >= 15 is 0 Å². The summed E-state index contributed by atoms with van der Waals surface area (Å²) in [5.41, 5.74) is 1.81. The molecule has 0 aliphatic carbocycles. The molecular formula is C21H25N3O5. The van der Waals surface area contributed by atoms with E-state index < -0.39 is 11.9 Å². The van der Waals surface area contributed by atoms with Crippen molar-refractivity contribution in [2.45, 2.75) is 26.5 Å². The first kappa shape index (κ1) is 21.7. The molecule has 0 atom stereocenters. The average molecular weight is 399 g/mol. The van der Waals surface area contributed by atoms with Crippen molar-refractivity contribution in [3.8, 4) is 5.75 Å². The van der Waals surface area contributed by atoms with Crippen LogP contribution in [0.5, 0.6) is 5.75 Å². The van der Waals surface area contributed by atoms with Crippen molar-refractivity contribution in [2.24, 2.45) is 0 Å². The number of benzene rings is 2. The second-order valence-corrected chi connectivity index (χ2v) is 6.46. The van der Waals surface area contributed by atoms with Gasteiger partial charge in [-0.05, 0) is 55.8 Å². The van der Waals surface area contributed by atoms with Gasteiger partial charge in [-0.15, -0.1) is 0 Å². The number of hydrogen-bond acceptors (Lipinski definition) is 5. The fraction of sp³-hybridized carbons (Fsp3) is 0.286. The number of hydrogen-bond donors (Lipinski definition) is 3. The van der Waals surface area contributed by atoms with Crippen LogP contribution in [0.4, 0.5) is 10.5 Å². The van der Waals surface area contributed by atoms with Crippen molar-refractivity contribution in [3.05, 3.63) is 59.7 Å². The number of esters is 1. The number of amides is 3. The summed E-state index contributed by atoms with van der Waals surface area (Å²) >= 11 is 0. The molecule has 3 N–H and O–H groups in total. The van der Waals surface area contributed by atoms with Crippen LogP contribution in [0.2, 0.25) is 0 Å². The smallest absolute Gasteiger partial charge is 0.325 e. The van der Waals surface area contributed by atoms with Crippen LogP contribution in [0.3, 0.4) is 0 Å². The number of rotatable bonds is 8. The molecule has 0 spiro atoms. The molecule has 0 bridgehead atoms. The largest absolute Gasteiger partial charge is 0.491 e. The van der Waals surface area contributed by atoms with Gasteiger partial charge in [0, 0.05) is 17.8 Å². The van der Waals surface area contributed by atoms with Crippen LogP contribution in [0.15, 0.2) is 48.5 Å². The van der Waals surface area contributed by atoms with Crippen molar-refractivity contribution in [2.75, 3.05) is 19.0 Å². The fourth-order valence-electron chi connectivity index (χ4n) is 2.39. The molecule has 0 fully saturated rings. The monoisotopic (exact) mass is 399 g/mol. The molecule has 8 heteroatoms. The third-order valence-electron chi connectivity index (χ3n) is 3.75. The zero-order chi connectivity index (χ0) is 21.2. The van der Waals surface area contributed by atoms with Crippen LogP contribution in [0.25, 0.3) is 0 Å². The summed E-state index contributed by atoms with van der Waals surface area (Å²) in [6.45, 7) is 4.04. The molecular weight excluding hydrogens is 374 g/mol. The lowest BCUT2D eigenvalue weighted by Gasteiger charge is -2.12. The van der Waals surface area contributed by atoms with Crippen LogP contribution >= 0.6 is 0 Å². The maximum absolute atomic E-state index is 12.1. The first-order valence-electron chi connectivity index (χ1n) is 9.13. The number of ether oxygens (including phenoxy) is 2. The Labute approximate surface area is 169 Å². The zero-order valence-corrected chi connectivity index (χ0v) is 16.7. The predicted octanol–water partition coefficient (Wildman–Crippen LogP) is 2.70. The molecule has 0 aliphatic rings. The number of urea groups is 1. The molecule has 0 saturated carbocycles. The lowest BCUT2D eigenvalue weighted by Crippen LogP contribution is -2.30. The van der Waals surface area contributed by atoms with Gasteiger partial charge in [0.2, 0.25) is 0 Å². The Balaban J connectivity index is 1.83. The second-order valence-electron chi connectivity index (χ2n) is 6.46. The van der Waals surface area contributed by atoms with Crippen molar-refractivity contribution in [1.82, 2.24) is 10.6 Å². The molecule has 154 valence electrons. The van der Waals surface area contributed by atoms with Crippen molar-refractivity contribution >= 4 is 23.6 Å². The molecule has 29 heavy (non-hydrogen) atoms. The van der Waals surface area contributed by atoms with Gasteiger partial charge >= 0.3 is 12.0 Å². The minimum Gasteiger partial charge on any atom is -0.491 e. The summed E-state index contributed by atoms with van der Waals surface area (Å²) in [4.78, 5) is 35.1. The Hall–Kier alpha value is -3.55. The van der Waals surface area contributed by atoms with Gasteiger partial charge in [0.15, 0.2) is 0 Å². The molecule has 2 aromatic rings. The number of anilines is 1. The van der Waals surface area contributed by atoms with E-state index in [4.69, 9.17) is 4.74 Å². The van der Waals surface area contributed by atoms with Crippen LogP contribution in [-0.4, -0.2) is 37.7 Å². The topological polar surface area (TPSA) is 106 Å². The average Bonchev–Trinajstić information content (AvgIpc) is 2.70. The second kappa shape index (κ2) is 10.7. The Morgan fingerprint density at radius 3 is 2.38 bits per heavy atom. The lowest BCUT2D eigenvalue weighted by atomic mass is 10.2. The molecule has 2 aromatic carbocycles. The van der Waals surface area contributed by atoms with Gasteiger partial charge < -0.3 is 25.4 Å². The minimum absolute atomic E-state index is 0.0760. The number of carbonyl (C=O) groups is 3. The third-order valence-corrected chi connectivity index (χ3v) is 3.75. The van der Waals surface area contributed by atoms with Crippen LogP contribution in [0, 0.1) is 0 Å². The van der Waals surface area contributed by atoms with Gasteiger partial charge in [-0.1, -0.05) is 12.1 Å². The summed E-state index contributed by atoms with van der Waals surface area (Å²) in [5.74, 6) is -0.190. The van der Waals surface area contributed by atoms with E-state index in [0.29, 0.717) is 17.8 Å². The maximum atomic E-state index is 12.1. The molecule has 2 rings (SSSR count). The predicted molar refractivity (Wildman–Crippen MR) is 109 cm³/mol. The first-order chi connectivity index (χ1) is 13.9. The zero-order valence-electron chi connectivity index (χ0n) is 16.7. The standard InChI is InChI=1S/C21H25N3O5/c1-14(2)29-18-6-4-5-15(11-18)12-23-21(27)24-17-9-7-16(8-10-17)20(26)22-13-19(25)28-3/h4-11,14H,12-13H2,1-3H3,(H,22,26)(H2,23,24,27). The lowest BCUT2D eigenvalue weighted by molar-refractivity contribution is -0.139. The Morgan fingerprint density at radius 2 is 1.72 bits per heavy atom. The Bertz CT molecular complexity index is 850. The summed E-state index contributed by atoms with van der Waals surface area (Å²) in [6.07, 6.45) is 0.0760. The van der Waals surface area contributed by atoms with Gasteiger partial charge in [-0.25, -0.2) is 4.79 Å². The third kappa shape index (κ3) is 7.53. The highest BCUT2D eigenvalue weighted by Crippen LogP contribution is 2.15. The molecule has 0 heterocycles. The SMILES string of the molecule is COC(=O)CNC(=O)c1ccc(NC(=O)NCc2cccc(OC(C)C)c2)cc1. The summed E-state index contributed by atoms with van der Waals surface area (Å²) in [7, 11) is 1.25. The number of methoxy groups -OCH3 is 1. The van der Waals surface area contributed by atoms with Gasteiger partial charge in [-0.2, -0.15) is 0 Å². The van der Waals surface area contributed by atoms with Crippen LogP contribution in [-0.2, 0) is 16.1 Å². The van der Waals surface area contributed by atoms with E-state index in [1.54, 1.807) is 24.3 Å². The van der Waals surface area contributed by atoms with Gasteiger partial charge in [0.05, 0.1) is 13.2 Å². The Kier molecular flexibility index (Phi) is 8.02. The fourth-order valence-corrected chi connectivity index (χ4v) is 2.39. The molecule has 0 saturated heterocycles. The Morgan fingerprint density at radius 1 is 1.00 bits per heavy atom. The molecule has 0 unspecified atom stereocenters.